The van der Waals surface area contributed by atoms with Gasteiger partial charge in [-0.2, -0.15) is 0 Å². The van der Waals surface area contributed by atoms with Gasteiger partial charge in [-0.1, -0.05) is 84.2 Å². The standard InChI is InChI=1S/C35H48O/c1-23(2)9-8-10-24(3)29-15-16-30-28-14-13-27-21-26(33-22-25-11-6-7-12-32(25)36-33)17-19-34(27,4)31(28)18-20-35(29,30)5/h6-7,11-13,21-24,28-31H,8-10,14-20H2,1-5H3/t24-,28+,29-,30+,31+,34+,35-/m1/s1. The maximum Gasteiger partial charge on any atom is 0.134 e. The summed E-state index contributed by atoms with van der Waals surface area (Å²) in [5.41, 5.74) is 4.96. The summed E-state index contributed by atoms with van der Waals surface area (Å²) >= 11 is 0. The molecule has 4 aliphatic rings. The minimum absolute atomic E-state index is 0.348. The molecular weight excluding hydrogens is 436 g/mol. The maximum absolute atomic E-state index is 6.28. The fourth-order valence-electron chi connectivity index (χ4n) is 9.68. The number of allylic oxidation sites excluding steroid dienone is 4. The molecule has 0 N–H and O–H groups in total. The van der Waals surface area contributed by atoms with Crippen molar-refractivity contribution in [2.45, 2.75) is 98.8 Å². The molecule has 0 spiro atoms. The Hall–Kier alpha value is -1.76. The second-order valence-corrected chi connectivity index (χ2v) is 14.0. The van der Waals surface area contributed by atoms with Crippen LogP contribution >= 0.6 is 0 Å². The van der Waals surface area contributed by atoms with E-state index in [1.54, 1.807) is 5.57 Å². The number of para-hydroxylation sites is 1. The van der Waals surface area contributed by atoms with Gasteiger partial charge >= 0.3 is 0 Å². The Kier molecular flexibility index (Phi) is 6.29. The summed E-state index contributed by atoms with van der Waals surface area (Å²) in [5.74, 6) is 6.46. The fraction of sp³-hybridized carbons (Fsp3) is 0.657. The van der Waals surface area contributed by atoms with Gasteiger partial charge in [0.2, 0.25) is 0 Å². The van der Waals surface area contributed by atoms with E-state index in [1.165, 1.54) is 68.7 Å². The monoisotopic (exact) mass is 484 g/mol. The number of hydrogen-bond donors (Lipinski definition) is 0. The highest BCUT2D eigenvalue weighted by Crippen LogP contribution is 2.67. The molecule has 6 rings (SSSR count). The van der Waals surface area contributed by atoms with Crippen molar-refractivity contribution in [1.82, 2.24) is 0 Å². The van der Waals surface area contributed by atoms with Crippen LogP contribution in [0.4, 0.5) is 0 Å². The lowest BCUT2D eigenvalue weighted by molar-refractivity contribution is -0.0449. The molecule has 4 aliphatic carbocycles. The first-order valence-electron chi connectivity index (χ1n) is 15.2. The van der Waals surface area contributed by atoms with Crippen LogP contribution in [-0.2, 0) is 0 Å². The zero-order chi connectivity index (χ0) is 25.1. The van der Waals surface area contributed by atoms with E-state index in [0.29, 0.717) is 10.8 Å². The van der Waals surface area contributed by atoms with E-state index in [0.717, 1.165) is 53.3 Å². The van der Waals surface area contributed by atoms with Crippen molar-refractivity contribution >= 4 is 16.5 Å². The predicted molar refractivity (Wildman–Crippen MR) is 153 cm³/mol. The van der Waals surface area contributed by atoms with Crippen LogP contribution in [0.3, 0.4) is 0 Å². The van der Waals surface area contributed by atoms with E-state index >= 15 is 0 Å². The summed E-state index contributed by atoms with van der Waals surface area (Å²) in [6, 6.07) is 10.7. The maximum atomic E-state index is 6.28. The predicted octanol–water partition coefficient (Wildman–Crippen LogP) is 10.5. The van der Waals surface area contributed by atoms with Crippen molar-refractivity contribution in [2.24, 2.45) is 46.3 Å². The number of hydrogen-bond acceptors (Lipinski definition) is 1. The van der Waals surface area contributed by atoms with Gasteiger partial charge < -0.3 is 4.42 Å². The zero-order valence-electron chi connectivity index (χ0n) is 23.5. The molecule has 1 aromatic heterocycles. The molecule has 0 unspecified atom stereocenters. The smallest absolute Gasteiger partial charge is 0.134 e. The van der Waals surface area contributed by atoms with Gasteiger partial charge in [0.25, 0.3) is 0 Å². The molecule has 2 aromatic rings. The molecule has 1 heterocycles. The van der Waals surface area contributed by atoms with E-state index in [1.807, 2.05) is 0 Å². The minimum Gasteiger partial charge on any atom is -0.456 e. The Labute approximate surface area is 219 Å². The fourth-order valence-corrected chi connectivity index (χ4v) is 9.68. The van der Waals surface area contributed by atoms with E-state index in [2.05, 4.69) is 77.1 Å². The van der Waals surface area contributed by atoms with E-state index < -0.39 is 0 Å². The van der Waals surface area contributed by atoms with Crippen LogP contribution in [0, 0.1) is 46.3 Å². The van der Waals surface area contributed by atoms with Crippen molar-refractivity contribution in [1.29, 1.82) is 0 Å². The lowest BCUT2D eigenvalue weighted by Crippen LogP contribution is -2.49. The molecule has 1 heteroatoms. The number of rotatable bonds is 6. The van der Waals surface area contributed by atoms with E-state index in [4.69, 9.17) is 4.42 Å². The van der Waals surface area contributed by atoms with Crippen LogP contribution in [0.2, 0.25) is 0 Å². The van der Waals surface area contributed by atoms with Crippen molar-refractivity contribution in [3.63, 3.8) is 0 Å². The SMILES string of the molecule is CC(C)CCC[C@@H](C)[C@H]1CC[C@H]2[C@@H]3CC=C4C=C(c5cc6ccccc6o5)CC[C@]4(C)[C@H]3CC[C@]12C. The average molecular weight is 485 g/mol. The van der Waals surface area contributed by atoms with Gasteiger partial charge in [-0.3, -0.25) is 0 Å². The third kappa shape index (κ3) is 3.95. The summed E-state index contributed by atoms with van der Waals surface area (Å²) in [6.45, 7) is 12.7. The van der Waals surface area contributed by atoms with Gasteiger partial charge in [0.1, 0.15) is 11.3 Å². The number of fused-ring (bicyclic) bond motifs is 6. The van der Waals surface area contributed by atoms with Crippen LogP contribution in [0.25, 0.3) is 16.5 Å². The summed E-state index contributed by atoms with van der Waals surface area (Å²) in [6.07, 6.45) is 19.0. The molecule has 2 saturated carbocycles. The van der Waals surface area contributed by atoms with Gasteiger partial charge in [-0.05, 0) is 115 Å². The Morgan fingerprint density at radius 3 is 2.61 bits per heavy atom. The summed E-state index contributed by atoms with van der Waals surface area (Å²) < 4.78 is 6.28. The second-order valence-electron chi connectivity index (χ2n) is 14.0. The highest BCUT2D eigenvalue weighted by Gasteiger charge is 2.58. The molecule has 0 saturated heterocycles. The number of furan rings is 1. The van der Waals surface area contributed by atoms with E-state index in [-0.39, 0.29) is 0 Å². The Balaban J connectivity index is 1.22. The van der Waals surface area contributed by atoms with Crippen LogP contribution < -0.4 is 0 Å². The van der Waals surface area contributed by atoms with Gasteiger partial charge in [-0.15, -0.1) is 0 Å². The Morgan fingerprint density at radius 2 is 1.81 bits per heavy atom. The summed E-state index contributed by atoms with van der Waals surface area (Å²) in [5, 5.41) is 1.22. The molecular formula is C35H48O. The molecule has 0 bridgehead atoms. The highest BCUT2D eigenvalue weighted by molar-refractivity contribution is 5.82. The zero-order valence-corrected chi connectivity index (χ0v) is 23.5. The van der Waals surface area contributed by atoms with E-state index in [9.17, 15) is 0 Å². The molecule has 0 aliphatic heterocycles. The molecule has 194 valence electrons. The third-order valence-electron chi connectivity index (χ3n) is 11.7. The first kappa shape index (κ1) is 24.6. The summed E-state index contributed by atoms with van der Waals surface area (Å²) in [7, 11) is 0. The van der Waals surface area contributed by atoms with Crippen LogP contribution in [0.1, 0.15) is 105 Å². The third-order valence-corrected chi connectivity index (χ3v) is 11.7. The van der Waals surface area contributed by atoms with Gasteiger partial charge in [0, 0.05) is 5.39 Å². The topological polar surface area (TPSA) is 13.1 Å². The minimum atomic E-state index is 0.348. The molecule has 36 heavy (non-hydrogen) atoms. The molecule has 1 nitrogen and oxygen atoms in total. The first-order chi connectivity index (χ1) is 17.3. The second kappa shape index (κ2) is 9.21. The van der Waals surface area contributed by atoms with Crippen molar-refractivity contribution in [2.75, 3.05) is 0 Å². The quantitative estimate of drug-likeness (QED) is 0.397. The van der Waals surface area contributed by atoms with Crippen LogP contribution in [0.15, 0.2) is 52.5 Å². The van der Waals surface area contributed by atoms with Crippen LogP contribution in [0.5, 0.6) is 0 Å². The molecule has 0 radical (unpaired) electrons. The number of benzene rings is 1. The van der Waals surface area contributed by atoms with Crippen LogP contribution in [-0.4, -0.2) is 0 Å². The normalized spacial score (nSPS) is 36.7. The Bertz CT molecular complexity index is 1130. The van der Waals surface area contributed by atoms with Crippen molar-refractivity contribution in [3.8, 4) is 0 Å². The Morgan fingerprint density at radius 1 is 0.972 bits per heavy atom. The molecule has 1 aromatic carbocycles. The molecule has 0 amide bonds. The van der Waals surface area contributed by atoms with Crippen molar-refractivity contribution in [3.05, 3.63) is 53.8 Å². The first-order valence-corrected chi connectivity index (χ1v) is 15.2. The van der Waals surface area contributed by atoms with Gasteiger partial charge in [0.05, 0.1) is 0 Å². The van der Waals surface area contributed by atoms with Crippen molar-refractivity contribution < 1.29 is 4.42 Å². The lowest BCUT2D eigenvalue weighted by Gasteiger charge is -2.57. The largest absolute Gasteiger partial charge is 0.456 e. The average Bonchev–Trinajstić information content (AvgIpc) is 3.44. The lowest BCUT2D eigenvalue weighted by atomic mass is 9.47. The molecule has 7 atom stereocenters. The summed E-state index contributed by atoms with van der Waals surface area (Å²) in [4.78, 5) is 0. The van der Waals surface area contributed by atoms with Gasteiger partial charge in [-0.25, -0.2) is 0 Å². The van der Waals surface area contributed by atoms with Gasteiger partial charge in [0.15, 0.2) is 0 Å². The molecule has 2 fully saturated rings. The highest BCUT2D eigenvalue weighted by atomic mass is 16.3.